The summed E-state index contributed by atoms with van der Waals surface area (Å²) in [5, 5.41) is 0. The minimum atomic E-state index is -0.173. The number of aromatic nitrogens is 3. The maximum Gasteiger partial charge on any atom is 0.228 e. The van der Waals surface area contributed by atoms with E-state index >= 15 is 0 Å². The third kappa shape index (κ3) is 4.43. The Morgan fingerprint density at radius 1 is 0.931 bits per heavy atom. The molecule has 0 aliphatic rings. The third-order valence-electron chi connectivity index (χ3n) is 4.17. The van der Waals surface area contributed by atoms with Crippen LogP contribution < -0.4 is 9.47 Å². The molecule has 0 aliphatic heterocycles. The number of fused-ring (bicyclic) bond motifs is 1. The molecule has 0 atom stereocenters. The summed E-state index contributed by atoms with van der Waals surface area (Å²) in [5.41, 5.74) is 3.01. The number of benzene rings is 2. The second-order valence-electron chi connectivity index (χ2n) is 6.03. The molecule has 2 aromatic heterocycles. The fourth-order valence-corrected chi connectivity index (χ4v) is 2.69. The molecule has 0 unspecified atom stereocenters. The topological polar surface area (TPSA) is 77.1 Å². The Labute approximate surface area is 169 Å². The van der Waals surface area contributed by atoms with Gasteiger partial charge in [0.15, 0.2) is 5.82 Å². The number of nitrogens with zero attached hydrogens (tertiary/aromatic N) is 2. The van der Waals surface area contributed by atoms with Crippen molar-refractivity contribution in [2.75, 3.05) is 7.11 Å². The molecule has 0 fully saturated rings. The number of H-pyrrole nitrogens is 1. The second-order valence-corrected chi connectivity index (χ2v) is 6.03. The molecule has 6 nitrogen and oxygen atoms in total. The summed E-state index contributed by atoms with van der Waals surface area (Å²) in [6.07, 6.45) is 0. The molecule has 2 aromatic carbocycles. The van der Waals surface area contributed by atoms with Crippen LogP contribution in [0.3, 0.4) is 0 Å². The minimum Gasteiger partial charge on any atom is -0.481 e. The lowest BCUT2D eigenvalue weighted by Gasteiger charge is -2.09. The van der Waals surface area contributed by atoms with Crippen molar-refractivity contribution in [3.8, 4) is 17.5 Å². The van der Waals surface area contributed by atoms with Gasteiger partial charge in [-0.1, -0.05) is 26.0 Å². The second kappa shape index (κ2) is 9.01. The van der Waals surface area contributed by atoms with Gasteiger partial charge in [-0.3, -0.25) is 4.79 Å². The Bertz CT molecular complexity index is 1080. The van der Waals surface area contributed by atoms with Crippen molar-refractivity contribution in [2.45, 2.75) is 20.8 Å². The van der Waals surface area contributed by atoms with Crippen molar-refractivity contribution in [2.24, 2.45) is 0 Å². The van der Waals surface area contributed by atoms with Crippen molar-refractivity contribution in [1.82, 2.24) is 15.0 Å². The van der Waals surface area contributed by atoms with Crippen molar-refractivity contribution in [3.05, 3.63) is 77.6 Å². The van der Waals surface area contributed by atoms with Gasteiger partial charge in [0.2, 0.25) is 17.5 Å². The SMILES string of the molecule is CC.COc1ccc(C)c(Oc2ccc(C(=O)c3nc4ccccc4[nH]3)cc2)n1. The number of aryl methyl sites for hydroxylation is 1. The van der Waals surface area contributed by atoms with Gasteiger partial charge in [0.25, 0.3) is 0 Å². The summed E-state index contributed by atoms with van der Waals surface area (Å²) in [7, 11) is 1.56. The third-order valence-corrected chi connectivity index (χ3v) is 4.17. The largest absolute Gasteiger partial charge is 0.481 e. The van der Waals surface area contributed by atoms with Crippen LogP contribution in [0.2, 0.25) is 0 Å². The molecule has 0 aliphatic carbocycles. The number of hydrogen-bond acceptors (Lipinski definition) is 5. The lowest BCUT2D eigenvalue weighted by molar-refractivity contribution is 0.103. The Morgan fingerprint density at radius 2 is 1.66 bits per heavy atom. The number of imidazole rings is 1. The highest BCUT2D eigenvalue weighted by atomic mass is 16.5. The number of ketones is 1. The van der Waals surface area contributed by atoms with E-state index in [1.54, 1.807) is 37.4 Å². The Kier molecular flexibility index (Phi) is 6.24. The van der Waals surface area contributed by atoms with Crippen LogP contribution in [-0.2, 0) is 0 Å². The highest BCUT2D eigenvalue weighted by Crippen LogP contribution is 2.26. The van der Waals surface area contributed by atoms with Crippen molar-refractivity contribution in [3.63, 3.8) is 0 Å². The summed E-state index contributed by atoms with van der Waals surface area (Å²) in [5.74, 6) is 1.67. The molecule has 0 bridgehead atoms. The van der Waals surface area contributed by atoms with Crippen molar-refractivity contribution >= 4 is 16.8 Å². The maximum atomic E-state index is 12.7. The van der Waals surface area contributed by atoms with E-state index in [1.165, 1.54) is 0 Å². The quantitative estimate of drug-likeness (QED) is 0.467. The van der Waals surface area contributed by atoms with Gasteiger partial charge in [-0.25, -0.2) is 4.98 Å². The molecule has 29 heavy (non-hydrogen) atoms. The number of rotatable bonds is 5. The van der Waals surface area contributed by atoms with E-state index < -0.39 is 0 Å². The summed E-state index contributed by atoms with van der Waals surface area (Å²) in [6.45, 7) is 5.90. The van der Waals surface area contributed by atoms with E-state index in [4.69, 9.17) is 9.47 Å². The molecule has 0 radical (unpaired) electrons. The molecule has 1 N–H and O–H groups in total. The summed E-state index contributed by atoms with van der Waals surface area (Å²) in [6, 6.07) is 18.1. The molecular weight excluding hydrogens is 366 g/mol. The van der Waals surface area contributed by atoms with Crippen LogP contribution in [0.5, 0.6) is 17.5 Å². The first kappa shape index (κ1) is 20.1. The standard InChI is InChI=1S/C21H17N3O3.C2H6/c1-13-7-12-18(26-2)24-21(13)27-15-10-8-14(9-11-15)19(25)20-22-16-5-3-4-6-17(16)23-20;1-2/h3-12H,1-2H3,(H,22,23);1-2H3. The summed E-state index contributed by atoms with van der Waals surface area (Å²) in [4.78, 5) is 24.4. The molecule has 0 saturated heterocycles. The number of pyridine rings is 1. The molecular formula is C23H23N3O3. The fourth-order valence-electron chi connectivity index (χ4n) is 2.69. The van der Waals surface area contributed by atoms with Crippen LogP contribution in [0.25, 0.3) is 11.0 Å². The van der Waals surface area contributed by atoms with Crippen LogP contribution in [0.1, 0.15) is 35.6 Å². The Hall–Kier alpha value is -3.67. The van der Waals surface area contributed by atoms with Gasteiger partial charge in [-0.2, -0.15) is 4.98 Å². The smallest absolute Gasteiger partial charge is 0.228 e. The lowest BCUT2D eigenvalue weighted by atomic mass is 10.1. The van der Waals surface area contributed by atoms with Crippen molar-refractivity contribution in [1.29, 1.82) is 0 Å². The zero-order valence-corrected chi connectivity index (χ0v) is 16.9. The predicted molar refractivity (Wildman–Crippen MR) is 113 cm³/mol. The van der Waals surface area contributed by atoms with Gasteiger partial charge >= 0.3 is 0 Å². The Morgan fingerprint density at radius 3 is 2.34 bits per heavy atom. The molecule has 148 valence electrons. The molecule has 0 spiro atoms. The van der Waals surface area contributed by atoms with E-state index in [-0.39, 0.29) is 5.78 Å². The Balaban J connectivity index is 0.00000117. The number of methoxy groups -OCH3 is 1. The summed E-state index contributed by atoms with van der Waals surface area (Å²) >= 11 is 0. The van der Waals surface area contributed by atoms with Crippen LogP contribution in [0, 0.1) is 6.92 Å². The predicted octanol–water partition coefficient (Wildman–Crippen LogP) is 5.32. The number of nitrogens with one attached hydrogen (secondary N) is 1. The first-order chi connectivity index (χ1) is 14.1. The first-order valence-corrected chi connectivity index (χ1v) is 9.43. The highest BCUT2D eigenvalue weighted by molar-refractivity contribution is 6.08. The monoisotopic (exact) mass is 389 g/mol. The zero-order valence-electron chi connectivity index (χ0n) is 16.9. The number of carbonyl (C=O) groups is 1. The average Bonchev–Trinajstić information content (AvgIpc) is 3.21. The molecule has 4 rings (SSSR count). The van der Waals surface area contributed by atoms with E-state index in [1.807, 2.05) is 51.1 Å². The van der Waals surface area contributed by atoms with E-state index in [2.05, 4.69) is 15.0 Å². The number of para-hydroxylation sites is 2. The number of carbonyl (C=O) groups excluding carboxylic acids is 1. The van der Waals surface area contributed by atoms with E-state index in [9.17, 15) is 4.79 Å². The fraction of sp³-hybridized carbons (Fsp3) is 0.174. The molecule has 6 heteroatoms. The van der Waals surface area contributed by atoms with Crippen LogP contribution in [0.4, 0.5) is 0 Å². The molecule has 4 aromatic rings. The number of ether oxygens (including phenoxy) is 2. The van der Waals surface area contributed by atoms with Gasteiger partial charge in [0.05, 0.1) is 18.1 Å². The molecule has 2 heterocycles. The van der Waals surface area contributed by atoms with Crippen molar-refractivity contribution < 1.29 is 14.3 Å². The van der Waals surface area contributed by atoms with Gasteiger partial charge < -0.3 is 14.5 Å². The van der Waals surface area contributed by atoms with Gasteiger partial charge in [0.1, 0.15) is 5.75 Å². The molecule has 0 saturated carbocycles. The zero-order chi connectivity index (χ0) is 20.8. The van der Waals surface area contributed by atoms with Gasteiger partial charge in [-0.05, 0) is 49.4 Å². The first-order valence-electron chi connectivity index (χ1n) is 9.43. The average molecular weight is 389 g/mol. The summed E-state index contributed by atoms with van der Waals surface area (Å²) < 4.78 is 10.9. The molecule has 0 amide bonds. The van der Waals surface area contributed by atoms with E-state index in [0.29, 0.717) is 28.9 Å². The van der Waals surface area contributed by atoms with Gasteiger partial charge in [-0.15, -0.1) is 0 Å². The van der Waals surface area contributed by atoms with Crippen LogP contribution in [0.15, 0.2) is 60.7 Å². The normalized spacial score (nSPS) is 10.2. The number of aromatic amines is 1. The maximum absolute atomic E-state index is 12.7. The minimum absolute atomic E-state index is 0.173. The number of hydrogen-bond donors (Lipinski definition) is 1. The highest BCUT2D eigenvalue weighted by Gasteiger charge is 2.14. The van der Waals surface area contributed by atoms with Crippen LogP contribution in [-0.4, -0.2) is 27.8 Å². The van der Waals surface area contributed by atoms with E-state index in [0.717, 1.165) is 16.6 Å². The lowest BCUT2D eigenvalue weighted by Crippen LogP contribution is -2.03. The van der Waals surface area contributed by atoms with Crippen LogP contribution >= 0.6 is 0 Å². The van der Waals surface area contributed by atoms with Gasteiger partial charge in [0, 0.05) is 17.2 Å².